The molecule has 2 aliphatic heterocycles. The summed E-state index contributed by atoms with van der Waals surface area (Å²) >= 11 is 0. The molecule has 0 bridgehead atoms. The lowest BCUT2D eigenvalue weighted by molar-refractivity contribution is -0.384. The van der Waals surface area contributed by atoms with Gasteiger partial charge in [0.05, 0.1) is 33.9 Å². The highest BCUT2D eigenvalue weighted by Crippen LogP contribution is 2.42. The van der Waals surface area contributed by atoms with E-state index >= 15 is 0 Å². The lowest BCUT2D eigenvalue weighted by atomic mass is 9.85. The number of para-hydroxylation sites is 1. The van der Waals surface area contributed by atoms with Gasteiger partial charge in [0.2, 0.25) is 5.60 Å². The second kappa shape index (κ2) is 9.30. The van der Waals surface area contributed by atoms with Crippen molar-refractivity contribution in [2.24, 2.45) is 0 Å². The molecule has 6 rings (SSSR count). The van der Waals surface area contributed by atoms with E-state index in [-0.39, 0.29) is 41.2 Å². The zero-order chi connectivity index (χ0) is 28.2. The average Bonchev–Trinajstić information content (AvgIpc) is 3.32. The van der Waals surface area contributed by atoms with Crippen LogP contribution in [0, 0.1) is 10.1 Å². The van der Waals surface area contributed by atoms with Gasteiger partial charge in [-0.25, -0.2) is 14.6 Å². The van der Waals surface area contributed by atoms with Crippen molar-refractivity contribution in [3.63, 3.8) is 0 Å². The normalized spacial score (nSPS) is 17.0. The first-order valence-corrected chi connectivity index (χ1v) is 12.8. The van der Waals surface area contributed by atoms with Gasteiger partial charge in [-0.05, 0) is 42.7 Å². The number of fused-ring (bicyclic) bond motifs is 5. The van der Waals surface area contributed by atoms with Crippen molar-refractivity contribution in [2.45, 2.75) is 45.4 Å². The summed E-state index contributed by atoms with van der Waals surface area (Å²) in [7, 11) is 0. The summed E-state index contributed by atoms with van der Waals surface area (Å²) < 4.78 is 17.8. The zero-order valence-electron chi connectivity index (χ0n) is 21.6. The third kappa shape index (κ3) is 3.73. The van der Waals surface area contributed by atoms with Crippen molar-refractivity contribution in [1.82, 2.24) is 9.55 Å². The van der Waals surface area contributed by atoms with E-state index in [9.17, 15) is 24.5 Å². The Balaban J connectivity index is 1.44. The Morgan fingerprint density at radius 2 is 1.88 bits per heavy atom. The molecule has 2 aromatic heterocycles. The van der Waals surface area contributed by atoms with Crippen molar-refractivity contribution < 1.29 is 28.7 Å². The largest absolute Gasteiger partial charge is 0.515 e. The molecule has 0 radical (unpaired) electrons. The van der Waals surface area contributed by atoms with Crippen LogP contribution in [0.15, 0.2) is 59.4 Å². The number of hydrogen-bond donors (Lipinski definition) is 0. The third-order valence-electron chi connectivity index (χ3n) is 7.54. The summed E-state index contributed by atoms with van der Waals surface area (Å²) in [4.78, 5) is 55.0. The molecular formula is C29H23N3O8. The number of aromatic nitrogens is 2. The fourth-order valence-corrected chi connectivity index (χ4v) is 5.57. The molecule has 2 aliphatic rings. The van der Waals surface area contributed by atoms with Gasteiger partial charge in [0.25, 0.3) is 11.2 Å². The van der Waals surface area contributed by atoms with Crippen LogP contribution in [0.4, 0.5) is 10.5 Å². The molecule has 2 aromatic carbocycles. The van der Waals surface area contributed by atoms with E-state index in [0.717, 1.165) is 28.5 Å². The van der Waals surface area contributed by atoms with Crippen LogP contribution in [-0.4, -0.2) is 26.6 Å². The second-order valence-corrected chi connectivity index (χ2v) is 9.56. The van der Waals surface area contributed by atoms with E-state index in [1.807, 2.05) is 24.3 Å². The Morgan fingerprint density at radius 3 is 2.58 bits per heavy atom. The molecule has 0 saturated heterocycles. The van der Waals surface area contributed by atoms with Crippen molar-refractivity contribution in [2.75, 3.05) is 0 Å². The van der Waals surface area contributed by atoms with Crippen LogP contribution in [-0.2, 0) is 39.4 Å². The van der Waals surface area contributed by atoms with E-state index in [0.29, 0.717) is 17.9 Å². The zero-order valence-corrected chi connectivity index (χ0v) is 21.6. The highest BCUT2D eigenvalue weighted by Gasteiger charge is 2.51. The molecule has 0 fully saturated rings. The average molecular weight is 542 g/mol. The molecule has 0 N–H and O–H groups in total. The van der Waals surface area contributed by atoms with Crippen LogP contribution in [0.1, 0.15) is 42.5 Å². The molecule has 0 spiro atoms. The Hall–Kier alpha value is -5.06. The topological polar surface area (TPSA) is 140 Å². The Bertz CT molecular complexity index is 1790. The smallest absolute Gasteiger partial charge is 0.457 e. The van der Waals surface area contributed by atoms with E-state index in [1.165, 1.54) is 24.3 Å². The molecule has 4 heterocycles. The molecule has 40 heavy (non-hydrogen) atoms. The highest BCUT2D eigenvalue weighted by atomic mass is 16.7. The van der Waals surface area contributed by atoms with Crippen LogP contribution in [0.3, 0.4) is 0 Å². The van der Waals surface area contributed by atoms with Crippen LogP contribution in [0.5, 0.6) is 5.75 Å². The first kappa shape index (κ1) is 25.2. The van der Waals surface area contributed by atoms with Gasteiger partial charge < -0.3 is 18.8 Å². The minimum atomic E-state index is -1.94. The number of nitro groups is 1. The van der Waals surface area contributed by atoms with Crippen molar-refractivity contribution in [1.29, 1.82) is 0 Å². The maximum absolute atomic E-state index is 13.8. The molecule has 4 aromatic rings. The van der Waals surface area contributed by atoms with Crippen molar-refractivity contribution >= 4 is 28.7 Å². The summed E-state index contributed by atoms with van der Waals surface area (Å²) in [6, 6.07) is 14.3. The lowest BCUT2D eigenvalue weighted by Crippen LogP contribution is -2.47. The fourth-order valence-electron chi connectivity index (χ4n) is 5.57. The number of carbonyl (C=O) groups excluding carboxylic acids is 2. The van der Waals surface area contributed by atoms with Crippen LogP contribution in [0.25, 0.3) is 22.3 Å². The number of nitrogens with zero attached hydrogens (tertiary/aromatic N) is 3. The summed E-state index contributed by atoms with van der Waals surface area (Å²) in [6.45, 7) is 3.75. The van der Waals surface area contributed by atoms with Crippen molar-refractivity contribution in [3.8, 4) is 17.1 Å². The van der Waals surface area contributed by atoms with E-state index in [2.05, 4.69) is 6.92 Å². The van der Waals surface area contributed by atoms with Gasteiger partial charge in [-0.3, -0.25) is 14.9 Å². The predicted octanol–water partition coefficient (Wildman–Crippen LogP) is 4.77. The first-order valence-electron chi connectivity index (χ1n) is 12.8. The number of non-ortho nitro benzene ring substituents is 1. The number of nitro benzene ring substituents is 1. The monoisotopic (exact) mass is 541 g/mol. The Morgan fingerprint density at radius 1 is 1.12 bits per heavy atom. The minimum Gasteiger partial charge on any atom is -0.457 e. The number of benzene rings is 2. The number of carbonyl (C=O) groups is 2. The number of esters is 1. The molecule has 0 aliphatic carbocycles. The van der Waals surface area contributed by atoms with Crippen LogP contribution in [0.2, 0.25) is 0 Å². The van der Waals surface area contributed by atoms with Gasteiger partial charge in [-0.15, -0.1) is 0 Å². The summed E-state index contributed by atoms with van der Waals surface area (Å²) in [5.74, 6) is -0.844. The number of pyridine rings is 2. The molecule has 202 valence electrons. The molecule has 11 heteroatoms. The molecule has 0 saturated carbocycles. The Labute approximate surface area is 227 Å². The number of cyclic esters (lactones) is 1. The van der Waals surface area contributed by atoms with E-state index in [1.54, 1.807) is 17.6 Å². The lowest BCUT2D eigenvalue weighted by Gasteiger charge is -2.35. The fraction of sp³-hybridized carbons (Fsp3) is 0.241. The molecule has 0 amide bonds. The number of hydrogen-bond acceptors (Lipinski definition) is 9. The number of rotatable bonds is 5. The van der Waals surface area contributed by atoms with Crippen LogP contribution >= 0.6 is 0 Å². The van der Waals surface area contributed by atoms with Gasteiger partial charge >= 0.3 is 12.1 Å². The van der Waals surface area contributed by atoms with Gasteiger partial charge in [0.15, 0.2) is 0 Å². The molecule has 1 unspecified atom stereocenters. The number of aryl methyl sites for hydroxylation is 1. The highest BCUT2D eigenvalue weighted by molar-refractivity contribution is 5.89. The number of ether oxygens (including phenoxy) is 3. The molecular weight excluding hydrogens is 518 g/mol. The van der Waals surface area contributed by atoms with Gasteiger partial charge in [0.1, 0.15) is 12.4 Å². The van der Waals surface area contributed by atoms with Gasteiger partial charge in [-0.2, -0.15) is 0 Å². The Kier molecular flexibility index (Phi) is 5.86. The van der Waals surface area contributed by atoms with Crippen molar-refractivity contribution in [3.05, 3.63) is 97.3 Å². The molecule has 11 nitrogen and oxygen atoms in total. The molecule has 1 atom stereocenters. The summed E-state index contributed by atoms with van der Waals surface area (Å²) in [5, 5.41) is 11.9. The first-order chi connectivity index (χ1) is 19.3. The van der Waals surface area contributed by atoms with Gasteiger partial charge in [0, 0.05) is 28.6 Å². The standard InChI is InChI=1S/C29H23N3O8/c1-3-18-19-7-5-6-8-23(19)30-25-20(18)14-31-24(25)13-22-21(26(31)33)15-38-27(34)29(22,4-2)40-28(35)39-17-11-9-16(10-12-17)32(36)37/h5-13H,3-4,14-15H2,1-2H3. The van der Waals surface area contributed by atoms with E-state index < -0.39 is 22.6 Å². The summed E-state index contributed by atoms with van der Waals surface area (Å²) in [5.41, 5.74) is 1.97. The maximum Gasteiger partial charge on any atom is 0.515 e. The van der Waals surface area contributed by atoms with Gasteiger partial charge in [-0.1, -0.05) is 32.0 Å². The van der Waals surface area contributed by atoms with Crippen LogP contribution < -0.4 is 10.3 Å². The third-order valence-corrected chi connectivity index (χ3v) is 7.54. The predicted molar refractivity (Wildman–Crippen MR) is 142 cm³/mol. The van der Waals surface area contributed by atoms with E-state index in [4.69, 9.17) is 19.2 Å². The summed E-state index contributed by atoms with van der Waals surface area (Å²) in [6.07, 6.45) is -0.514. The SMILES string of the molecule is CCc1c2c(nc3ccccc13)-c1cc3c(c(=O)n1C2)COC(=O)C3(CC)OC(=O)Oc1ccc([N+](=O)[O-])cc1. The second-order valence-electron chi connectivity index (χ2n) is 9.56. The maximum atomic E-state index is 13.8. The minimum absolute atomic E-state index is 0.0163. The quantitative estimate of drug-likeness (QED) is 0.133.